The van der Waals surface area contributed by atoms with Gasteiger partial charge in [0.1, 0.15) is 0 Å². The molecule has 101 heavy (non-hydrogen) atoms. The summed E-state index contributed by atoms with van der Waals surface area (Å²) >= 11 is 0. The second kappa shape index (κ2) is 25.5. The molecule has 2 heteroatoms. The lowest BCUT2D eigenvalue weighted by Gasteiger charge is -2.30. The highest BCUT2D eigenvalue weighted by molar-refractivity contribution is 5.92. The Balaban J connectivity index is 0.629. The Kier molecular flexibility index (Phi) is 15.8. The normalized spacial score (nSPS) is 13.9. The molecule has 0 N–H and O–H groups in total. The van der Waals surface area contributed by atoms with E-state index in [2.05, 4.69) is 403 Å². The summed E-state index contributed by atoms with van der Waals surface area (Å²) in [7, 11) is 0. The number of nitrogens with zero attached hydrogens (tertiary/aromatic N) is 2. The highest BCUT2D eigenvalue weighted by atomic mass is 15.1. The van der Waals surface area contributed by atoms with Crippen LogP contribution in [0, 0.1) is 0 Å². The Labute approximate surface area is 596 Å². The first-order valence-electron chi connectivity index (χ1n) is 35.9. The Hall–Kier alpha value is -11.8. The van der Waals surface area contributed by atoms with Crippen molar-refractivity contribution in [1.29, 1.82) is 0 Å². The summed E-state index contributed by atoms with van der Waals surface area (Å²) in [5.41, 5.74) is 36.7. The quantitative estimate of drug-likeness (QED) is 0.0890. The largest absolute Gasteiger partial charge is 0.310 e. The molecule has 2 nitrogen and oxygen atoms in total. The summed E-state index contributed by atoms with van der Waals surface area (Å²) in [6.45, 7) is 14.4. The van der Waals surface area contributed by atoms with E-state index in [9.17, 15) is 0 Å². The molecule has 0 unspecified atom stereocenters. The SMILES string of the molecule is CCC1(CC)c2cc(C=Cc3ccc4c(c3)C(C)(C)c3cc(N(c5cccc(-c6ccccc6)c5)c5cccc(-c6ccccc6)c5)ccc3-4)ccc2-c2ccc(C=Cc3ccc4c(c3)C(C)(C)c3cc(N(c5cccc(-c6ccccc6)c5)c5cccc(-c6ccccc6)c5)ccc3-4)cc21. The third kappa shape index (κ3) is 11.2. The minimum Gasteiger partial charge on any atom is -0.310 e. The molecule has 0 heterocycles. The number of benzene rings is 14. The van der Waals surface area contributed by atoms with Crippen LogP contribution in [0.15, 0.2) is 328 Å². The van der Waals surface area contributed by atoms with E-state index in [1.54, 1.807) is 0 Å². The third-order valence-corrected chi connectivity index (χ3v) is 22.3. The van der Waals surface area contributed by atoms with Crippen molar-refractivity contribution in [3.8, 4) is 77.9 Å². The maximum atomic E-state index is 2.48. The van der Waals surface area contributed by atoms with Crippen LogP contribution in [0.4, 0.5) is 34.1 Å². The van der Waals surface area contributed by atoms with Crippen molar-refractivity contribution < 1.29 is 0 Å². The van der Waals surface area contributed by atoms with Gasteiger partial charge in [-0.1, -0.05) is 321 Å². The van der Waals surface area contributed by atoms with Crippen molar-refractivity contribution in [2.24, 2.45) is 0 Å². The van der Waals surface area contributed by atoms with E-state index in [0.29, 0.717) is 0 Å². The standard InChI is InChI=1S/C99H80N2/c1-7-99(8-2)95-59-69(43-41-67-45-51-85-87-55-49-83(65-93(87)97(3,4)91(85)57-67)100(79-37-21-33-75(61-79)71-25-13-9-14-26-71)80-38-22-34-76(62-80)72-27-15-10-16-28-72)47-53-89(95)90-54-48-70(60-96(90)99)44-42-68-46-52-86-88-56-50-84(66-94(88)98(5,6)92(86)58-68)101(81-39-23-35-77(63-81)73-29-17-11-18-30-73)82-40-24-36-78(64-82)74-31-19-12-20-32-74/h9-66H,7-8H2,1-6H3. The van der Waals surface area contributed by atoms with E-state index >= 15 is 0 Å². The van der Waals surface area contributed by atoms with Gasteiger partial charge in [0.25, 0.3) is 0 Å². The lowest BCUT2D eigenvalue weighted by Crippen LogP contribution is -2.23. The van der Waals surface area contributed by atoms with Gasteiger partial charge in [0.15, 0.2) is 0 Å². The maximum absolute atomic E-state index is 2.48. The van der Waals surface area contributed by atoms with Crippen LogP contribution in [-0.4, -0.2) is 0 Å². The van der Waals surface area contributed by atoms with E-state index in [4.69, 9.17) is 0 Å². The zero-order valence-electron chi connectivity index (χ0n) is 58.3. The van der Waals surface area contributed by atoms with Crippen LogP contribution in [0.3, 0.4) is 0 Å². The molecule has 0 radical (unpaired) electrons. The molecule has 14 aromatic rings. The van der Waals surface area contributed by atoms with Gasteiger partial charge in [0.05, 0.1) is 0 Å². The summed E-state index contributed by atoms with van der Waals surface area (Å²) in [6, 6.07) is 121. The van der Waals surface area contributed by atoms with Gasteiger partial charge in [-0.2, -0.15) is 0 Å². The van der Waals surface area contributed by atoms with Gasteiger partial charge in [-0.3, -0.25) is 0 Å². The zero-order valence-corrected chi connectivity index (χ0v) is 58.3. The van der Waals surface area contributed by atoms with Gasteiger partial charge < -0.3 is 9.80 Å². The molecule has 0 bridgehead atoms. The molecule has 17 rings (SSSR count). The molecule has 0 saturated heterocycles. The highest BCUT2D eigenvalue weighted by Crippen LogP contribution is 2.56. The molecule has 3 aliphatic carbocycles. The molecule has 0 aromatic heterocycles. The molecular formula is C99H80N2. The van der Waals surface area contributed by atoms with E-state index in [-0.39, 0.29) is 16.2 Å². The van der Waals surface area contributed by atoms with Gasteiger partial charge in [-0.05, 0) is 219 Å². The second-order valence-corrected chi connectivity index (χ2v) is 28.7. The molecule has 0 aliphatic heterocycles. The van der Waals surface area contributed by atoms with E-state index in [0.717, 1.165) is 47.0 Å². The average molecular weight is 1300 g/mol. The van der Waals surface area contributed by atoms with Crippen LogP contribution in [-0.2, 0) is 16.2 Å². The summed E-state index contributed by atoms with van der Waals surface area (Å²) in [6.07, 6.45) is 11.3. The Morgan fingerprint density at radius 3 is 0.723 bits per heavy atom. The summed E-state index contributed by atoms with van der Waals surface area (Å²) in [5, 5.41) is 0. The van der Waals surface area contributed by atoms with E-state index in [1.807, 2.05) is 0 Å². The summed E-state index contributed by atoms with van der Waals surface area (Å²) in [5.74, 6) is 0. The van der Waals surface area contributed by atoms with Crippen molar-refractivity contribution in [2.45, 2.75) is 70.6 Å². The Morgan fingerprint density at radius 1 is 0.218 bits per heavy atom. The molecule has 0 fully saturated rings. The smallest absolute Gasteiger partial charge is 0.0467 e. The lowest BCUT2D eigenvalue weighted by molar-refractivity contribution is 0.490. The number of hydrogen-bond acceptors (Lipinski definition) is 2. The van der Waals surface area contributed by atoms with Crippen molar-refractivity contribution in [2.75, 3.05) is 9.80 Å². The Bertz CT molecular complexity index is 5040. The predicted octanol–water partition coefficient (Wildman–Crippen LogP) is 27.3. The molecular weight excluding hydrogens is 1220 g/mol. The molecule has 0 atom stereocenters. The predicted molar refractivity (Wildman–Crippen MR) is 430 cm³/mol. The fourth-order valence-electron chi connectivity index (χ4n) is 16.8. The summed E-state index contributed by atoms with van der Waals surface area (Å²) < 4.78 is 0. The van der Waals surface area contributed by atoms with Crippen LogP contribution in [0.1, 0.15) is 110 Å². The van der Waals surface area contributed by atoms with Crippen LogP contribution in [0.2, 0.25) is 0 Å². The second-order valence-electron chi connectivity index (χ2n) is 28.7. The maximum Gasteiger partial charge on any atom is 0.0467 e. The molecule has 486 valence electrons. The van der Waals surface area contributed by atoms with Crippen molar-refractivity contribution >= 4 is 58.4 Å². The first kappa shape index (κ1) is 62.7. The van der Waals surface area contributed by atoms with E-state index in [1.165, 1.54) is 134 Å². The third-order valence-electron chi connectivity index (χ3n) is 22.3. The fourth-order valence-corrected chi connectivity index (χ4v) is 16.8. The van der Waals surface area contributed by atoms with Crippen LogP contribution < -0.4 is 9.80 Å². The monoisotopic (exact) mass is 1300 g/mol. The minimum absolute atomic E-state index is 0.0985. The van der Waals surface area contributed by atoms with Crippen LogP contribution in [0.25, 0.3) is 102 Å². The van der Waals surface area contributed by atoms with Gasteiger partial charge in [-0.15, -0.1) is 0 Å². The molecule has 0 amide bonds. The van der Waals surface area contributed by atoms with Crippen LogP contribution >= 0.6 is 0 Å². The fraction of sp³-hybridized carbons (Fsp3) is 0.111. The van der Waals surface area contributed by atoms with Crippen molar-refractivity contribution in [3.05, 3.63) is 383 Å². The number of anilines is 6. The van der Waals surface area contributed by atoms with Gasteiger partial charge in [0.2, 0.25) is 0 Å². The van der Waals surface area contributed by atoms with Gasteiger partial charge >= 0.3 is 0 Å². The molecule has 0 saturated carbocycles. The van der Waals surface area contributed by atoms with Crippen molar-refractivity contribution in [3.63, 3.8) is 0 Å². The first-order valence-corrected chi connectivity index (χ1v) is 35.9. The highest BCUT2D eigenvalue weighted by Gasteiger charge is 2.42. The van der Waals surface area contributed by atoms with Gasteiger partial charge in [0, 0.05) is 50.4 Å². The first-order chi connectivity index (χ1) is 49.4. The minimum atomic E-state index is -0.237. The summed E-state index contributed by atoms with van der Waals surface area (Å²) in [4.78, 5) is 4.87. The zero-order chi connectivity index (χ0) is 68.4. The number of fused-ring (bicyclic) bond motifs is 9. The average Bonchev–Trinajstić information content (AvgIpc) is 1.59. The molecule has 0 spiro atoms. The lowest BCUT2D eigenvalue weighted by atomic mass is 9.73. The topological polar surface area (TPSA) is 6.48 Å². The molecule has 14 aromatic carbocycles. The van der Waals surface area contributed by atoms with E-state index < -0.39 is 0 Å². The van der Waals surface area contributed by atoms with Crippen LogP contribution in [0.5, 0.6) is 0 Å². The van der Waals surface area contributed by atoms with Crippen molar-refractivity contribution in [1.82, 2.24) is 0 Å². The molecule has 3 aliphatic rings. The Morgan fingerprint density at radius 2 is 0.446 bits per heavy atom. The number of hydrogen-bond donors (Lipinski definition) is 0. The number of rotatable bonds is 16. The van der Waals surface area contributed by atoms with Gasteiger partial charge in [-0.25, -0.2) is 0 Å².